The fourth-order valence-corrected chi connectivity index (χ4v) is 4.00. The molecule has 0 radical (unpaired) electrons. The second-order valence-electron chi connectivity index (χ2n) is 8.44. The molecule has 4 rings (SSSR count). The van der Waals surface area contributed by atoms with Gasteiger partial charge in [-0.15, -0.1) is 0 Å². The molecule has 2 aliphatic heterocycles. The van der Waals surface area contributed by atoms with E-state index in [1.807, 2.05) is 37.3 Å². The van der Waals surface area contributed by atoms with Crippen molar-refractivity contribution in [2.24, 2.45) is 0 Å². The van der Waals surface area contributed by atoms with Gasteiger partial charge >= 0.3 is 0 Å². The highest BCUT2D eigenvalue weighted by Crippen LogP contribution is 2.25. The van der Waals surface area contributed by atoms with Crippen LogP contribution >= 0.6 is 0 Å². The van der Waals surface area contributed by atoms with Crippen molar-refractivity contribution in [1.29, 1.82) is 0 Å². The molecule has 172 valence electrons. The van der Waals surface area contributed by atoms with Gasteiger partial charge in [-0.05, 0) is 31.0 Å². The lowest BCUT2D eigenvalue weighted by Gasteiger charge is -2.26. The van der Waals surface area contributed by atoms with Crippen LogP contribution in [-0.4, -0.2) is 84.0 Å². The van der Waals surface area contributed by atoms with Crippen molar-refractivity contribution in [3.63, 3.8) is 0 Å². The number of morpholine rings is 1. The average Bonchev–Trinajstić information content (AvgIpc) is 3.21. The molecule has 1 atom stereocenters. The van der Waals surface area contributed by atoms with Crippen molar-refractivity contribution in [3.8, 4) is 5.75 Å². The van der Waals surface area contributed by atoms with E-state index in [0.717, 1.165) is 23.6 Å². The zero-order chi connectivity index (χ0) is 22.4. The van der Waals surface area contributed by atoms with Gasteiger partial charge in [-0.2, -0.15) is 0 Å². The van der Waals surface area contributed by atoms with Crippen LogP contribution in [0.2, 0.25) is 0 Å². The summed E-state index contributed by atoms with van der Waals surface area (Å²) in [4.78, 5) is 24.5. The summed E-state index contributed by atoms with van der Waals surface area (Å²) >= 11 is 0. The molecule has 32 heavy (non-hydrogen) atoms. The van der Waals surface area contributed by atoms with Gasteiger partial charge in [-0.3, -0.25) is 4.79 Å². The van der Waals surface area contributed by atoms with E-state index in [0.29, 0.717) is 58.1 Å². The van der Waals surface area contributed by atoms with Crippen LogP contribution in [0.3, 0.4) is 0 Å². The highest BCUT2D eigenvalue weighted by Gasteiger charge is 2.36. The molecule has 2 fully saturated rings. The van der Waals surface area contributed by atoms with E-state index < -0.39 is 5.60 Å². The van der Waals surface area contributed by atoms with E-state index in [4.69, 9.17) is 9.47 Å². The number of aryl methyl sites for hydroxylation is 1. The highest BCUT2D eigenvalue weighted by molar-refractivity contribution is 5.77. The maximum Gasteiger partial charge on any atom is 0.260 e. The van der Waals surface area contributed by atoms with Crippen LogP contribution in [0.4, 0.5) is 5.82 Å². The number of hydrogen-bond donors (Lipinski definition) is 2. The van der Waals surface area contributed by atoms with Crippen molar-refractivity contribution in [1.82, 2.24) is 20.2 Å². The van der Waals surface area contributed by atoms with Crippen LogP contribution < -0.4 is 15.0 Å². The molecular formula is C23H31N5O4. The first-order chi connectivity index (χ1) is 15.5. The predicted molar refractivity (Wildman–Crippen MR) is 120 cm³/mol. The van der Waals surface area contributed by atoms with Gasteiger partial charge in [-0.1, -0.05) is 12.1 Å². The fraction of sp³-hybridized carbons (Fsp3) is 0.522. The fourth-order valence-electron chi connectivity index (χ4n) is 4.00. The van der Waals surface area contributed by atoms with Gasteiger partial charge in [0.2, 0.25) is 0 Å². The van der Waals surface area contributed by atoms with E-state index in [-0.39, 0.29) is 12.5 Å². The molecule has 0 saturated carbocycles. The number of rotatable bonds is 8. The first-order valence-corrected chi connectivity index (χ1v) is 11.0. The van der Waals surface area contributed by atoms with Gasteiger partial charge in [0.1, 0.15) is 17.9 Å². The summed E-state index contributed by atoms with van der Waals surface area (Å²) in [6.45, 7) is 6.83. The summed E-state index contributed by atoms with van der Waals surface area (Å²) in [5, 5.41) is 14.3. The van der Waals surface area contributed by atoms with Crippen LogP contribution in [-0.2, 0) is 16.1 Å². The molecule has 1 aromatic heterocycles. The monoisotopic (exact) mass is 441 g/mol. The molecule has 2 N–H and O–H groups in total. The van der Waals surface area contributed by atoms with Gasteiger partial charge in [0.05, 0.1) is 18.8 Å². The molecule has 3 heterocycles. The summed E-state index contributed by atoms with van der Waals surface area (Å²) in [5.74, 6) is 1.51. The molecule has 9 heteroatoms. The SMILES string of the molecule is Cc1cc(N2CC[C@@](O)(CNCc3ccc(OCC(=O)N4CCOCC4)cc3)C2)ncn1. The molecule has 0 aliphatic carbocycles. The number of ether oxygens (including phenoxy) is 2. The Morgan fingerprint density at radius 2 is 2.00 bits per heavy atom. The third kappa shape index (κ3) is 5.93. The Hall–Kier alpha value is -2.75. The maximum absolute atomic E-state index is 12.2. The molecule has 0 unspecified atom stereocenters. The molecule has 1 aromatic carbocycles. The largest absolute Gasteiger partial charge is 0.484 e. The first-order valence-electron chi connectivity index (χ1n) is 11.0. The van der Waals surface area contributed by atoms with Gasteiger partial charge in [-0.25, -0.2) is 9.97 Å². The second kappa shape index (κ2) is 10.2. The number of aliphatic hydroxyl groups is 1. The summed E-state index contributed by atoms with van der Waals surface area (Å²) < 4.78 is 10.9. The number of aromatic nitrogens is 2. The van der Waals surface area contributed by atoms with Crippen LogP contribution in [0.5, 0.6) is 5.75 Å². The summed E-state index contributed by atoms with van der Waals surface area (Å²) in [5.41, 5.74) is 1.21. The van der Waals surface area contributed by atoms with Gasteiger partial charge in [0.15, 0.2) is 6.61 Å². The highest BCUT2D eigenvalue weighted by atomic mass is 16.5. The quantitative estimate of drug-likeness (QED) is 0.619. The van der Waals surface area contributed by atoms with Crippen molar-refractivity contribution >= 4 is 11.7 Å². The Balaban J connectivity index is 1.19. The van der Waals surface area contributed by atoms with Crippen molar-refractivity contribution in [2.45, 2.75) is 25.5 Å². The number of anilines is 1. The van der Waals surface area contributed by atoms with E-state index in [1.165, 1.54) is 0 Å². The molecule has 1 amide bonds. The predicted octanol–water partition coefficient (Wildman–Crippen LogP) is 0.754. The molecule has 2 aliphatic rings. The Morgan fingerprint density at radius 1 is 1.22 bits per heavy atom. The minimum Gasteiger partial charge on any atom is -0.484 e. The number of benzene rings is 1. The Kier molecular flexibility index (Phi) is 7.19. The van der Waals surface area contributed by atoms with E-state index in [1.54, 1.807) is 11.2 Å². The lowest BCUT2D eigenvalue weighted by molar-refractivity contribution is -0.137. The molecule has 2 aromatic rings. The molecule has 2 saturated heterocycles. The third-order valence-corrected chi connectivity index (χ3v) is 5.88. The summed E-state index contributed by atoms with van der Waals surface area (Å²) in [6.07, 6.45) is 2.25. The lowest BCUT2D eigenvalue weighted by Crippen LogP contribution is -2.43. The number of carbonyl (C=O) groups excluding carboxylic acids is 1. The van der Waals surface area contributed by atoms with Crippen molar-refractivity contribution < 1.29 is 19.4 Å². The molecule has 0 spiro atoms. The smallest absolute Gasteiger partial charge is 0.260 e. The normalized spacial score (nSPS) is 21.1. The zero-order valence-electron chi connectivity index (χ0n) is 18.5. The van der Waals surface area contributed by atoms with E-state index in [9.17, 15) is 9.90 Å². The molecule has 0 bridgehead atoms. The minimum absolute atomic E-state index is 0.0185. The van der Waals surface area contributed by atoms with Crippen LogP contribution in [0.25, 0.3) is 0 Å². The van der Waals surface area contributed by atoms with Crippen molar-refractivity contribution in [2.75, 3.05) is 57.4 Å². The third-order valence-electron chi connectivity index (χ3n) is 5.88. The lowest BCUT2D eigenvalue weighted by atomic mass is 10.0. The Labute approximate surface area is 188 Å². The molecular weight excluding hydrogens is 410 g/mol. The Morgan fingerprint density at radius 3 is 2.75 bits per heavy atom. The molecule has 9 nitrogen and oxygen atoms in total. The maximum atomic E-state index is 12.2. The average molecular weight is 442 g/mol. The number of β-amino-alcohol motifs (C(OH)–C–C–N with tert-alkyl or cyclic N) is 1. The van der Waals surface area contributed by atoms with Crippen LogP contribution in [0, 0.1) is 6.92 Å². The number of nitrogens with zero attached hydrogens (tertiary/aromatic N) is 4. The number of carbonyl (C=O) groups is 1. The van der Waals surface area contributed by atoms with Gasteiger partial charge in [0, 0.05) is 51.0 Å². The van der Waals surface area contributed by atoms with E-state index in [2.05, 4.69) is 20.2 Å². The minimum atomic E-state index is -0.790. The number of nitrogens with one attached hydrogen (secondary N) is 1. The van der Waals surface area contributed by atoms with Crippen LogP contribution in [0.1, 0.15) is 17.7 Å². The summed E-state index contributed by atoms with van der Waals surface area (Å²) in [7, 11) is 0. The van der Waals surface area contributed by atoms with Crippen molar-refractivity contribution in [3.05, 3.63) is 47.9 Å². The van der Waals surface area contributed by atoms with E-state index >= 15 is 0 Å². The van der Waals surface area contributed by atoms with Gasteiger partial charge < -0.3 is 29.7 Å². The topological polar surface area (TPSA) is 100 Å². The van der Waals surface area contributed by atoms with Crippen LogP contribution in [0.15, 0.2) is 36.7 Å². The zero-order valence-corrected chi connectivity index (χ0v) is 18.5. The number of amides is 1. The second-order valence-corrected chi connectivity index (χ2v) is 8.44. The first kappa shape index (κ1) is 22.4. The van der Waals surface area contributed by atoms with Gasteiger partial charge in [0.25, 0.3) is 5.91 Å². The standard InChI is InChI=1S/C23H31N5O4/c1-18-12-21(26-17-25-18)28-7-6-23(30,16-28)15-24-13-19-2-4-20(5-3-19)32-14-22(29)27-8-10-31-11-9-27/h2-5,12,17,24,30H,6-11,13-16H2,1H3/t23-/m1/s1. The number of hydrogen-bond acceptors (Lipinski definition) is 8. The summed E-state index contributed by atoms with van der Waals surface area (Å²) in [6, 6.07) is 9.61. The Bertz CT molecular complexity index is 904.